The smallest absolute Gasteiger partial charge is 0.321 e. The lowest BCUT2D eigenvalue weighted by Crippen LogP contribution is -2.16. The fourth-order valence-electron chi connectivity index (χ4n) is 2.84. The predicted molar refractivity (Wildman–Crippen MR) is 119 cm³/mol. The van der Waals surface area contributed by atoms with E-state index in [0.29, 0.717) is 11.4 Å². The molecular formula is C19H21N7O7S. The molecule has 14 nitrogen and oxygen atoms in total. The number of sulfonamides is 1. The number of nitro groups is 1. The quantitative estimate of drug-likeness (QED) is 0.313. The summed E-state index contributed by atoms with van der Waals surface area (Å²) in [5.74, 6) is -0.302. The van der Waals surface area contributed by atoms with Gasteiger partial charge in [0, 0.05) is 18.2 Å². The number of methoxy groups -OCH3 is 2. The van der Waals surface area contributed by atoms with Gasteiger partial charge >= 0.3 is 11.7 Å². The van der Waals surface area contributed by atoms with Crippen LogP contribution < -0.4 is 19.5 Å². The number of benzene rings is 1. The van der Waals surface area contributed by atoms with Crippen LogP contribution in [0, 0.1) is 17.0 Å². The third-order valence-corrected chi connectivity index (χ3v) is 5.96. The number of carbonyl (C=O) groups is 1. The Kier molecular flexibility index (Phi) is 7.25. The Labute approximate surface area is 194 Å². The monoisotopic (exact) mass is 491 g/mol. The average Bonchev–Trinajstić information content (AvgIpc) is 3.18. The highest BCUT2D eigenvalue weighted by Gasteiger charge is 2.18. The maximum Gasteiger partial charge on any atom is 0.321 e. The van der Waals surface area contributed by atoms with Crippen LogP contribution in [0.2, 0.25) is 0 Å². The van der Waals surface area contributed by atoms with Gasteiger partial charge in [-0.3, -0.25) is 24.3 Å². The Balaban J connectivity index is 1.63. The lowest BCUT2D eigenvalue weighted by Gasteiger charge is -2.10. The van der Waals surface area contributed by atoms with Gasteiger partial charge in [-0.05, 0) is 31.2 Å². The maximum atomic E-state index is 12.7. The van der Waals surface area contributed by atoms with Crippen LogP contribution in [0.5, 0.6) is 11.9 Å². The van der Waals surface area contributed by atoms with Crippen molar-refractivity contribution in [2.75, 3.05) is 24.3 Å². The zero-order valence-corrected chi connectivity index (χ0v) is 19.2. The third kappa shape index (κ3) is 5.74. The number of amides is 1. The molecule has 0 aliphatic rings. The predicted octanol–water partition coefficient (Wildman–Crippen LogP) is 1.74. The van der Waals surface area contributed by atoms with Gasteiger partial charge in [-0.25, -0.2) is 8.42 Å². The average molecular weight is 491 g/mol. The minimum Gasteiger partial charge on any atom is -0.481 e. The number of nitrogens with zero attached hydrogens (tertiary/aromatic N) is 5. The van der Waals surface area contributed by atoms with Crippen molar-refractivity contribution in [3.8, 4) is 11.9 Å². The Morgan fingerprint density at radius 3 is 2.47 bits per heavy atom. The van der Waals surface area contributed by atoms with Crippen LogP contribution in [0.25, 0.3) is 0 Å². The summed E-state index contributed by atoms with van der Waals surface area (Å²) in [5, 5.41) is 17.4. The molecule has 0 radical (unpaired) electrons. The van der Waals surface area contributed by atoms with Gasteiger partial charge in [0.2, 0.25) is 11.8 Å². The minimum absolute atomic E-state index is 0.0126. The Morgan fingerprint density at radius 2 is 1.88 bits per heavy atom. The lowest BCUT2D eigenvalue weighted by atomic mass is 10.3. The molecule has 0 bridgehead atoms. The zero-order chi connectivity index (χ0) is 24.9. The van der Waals surface area contributed by atoms with E-state index < -0.39 is 14.9 Å². The number of ether oxygens (including phenoxy) is 2. The Bertz CT molecular complexity index is 1280. The van der Waals surface area contributed by atoms with Crippen molar-refractivity contribution in [2.24, 2.45) is 0 Å². The van der Waals surface area contributed by atoms with Gasteiger partial charge in [-0.2, -0.15) is 15.1 Å². The second-order valence-corrected chi connectivity index (χ2v) is 8.49. The van der Waals surface area contributed by atoms with E-state index in [1.807, 2.05) is 0 Å². The highest BCUT2D eigenvalue weighted by Crippen LogP contribution is 2.22. The number of carbonyl (C=O) groups excluding carboxylic acids is 1. The number of nitrogens with one attached hydrogen (secondary N) is 2. The van der Waals surface area contributed by atoms with Crippen molar-refractivity contribution in [1.29, 1.82) is 0 Å². The molecule has 15 heteroatoms. The number of hydrogen-bond donors (Lipinski definition) is 2. The highest BCUT2D eigenvalue weighted by atomic mass is 32.2. The Morgan fingerprint density at radius 1 is 1.18 bits per heavy atom. The summed E-state index contributed by atoms with van der Waals surface area (Å²) < 4.78 is 39.0. The molecule has 0 saturated heterocycles. The summed E-state index contributed by atoms with van der Waals surface area (Å²) in [5.41, 5.74) is 0.598. The molecule has 0 unspecified atom stereocenters. The maximum absolute atomic E-state index is 12.7. The largest absolute Gasteiger partial charge is 0.481 e. The summed E-state index contributed by atoms with van der Waals surface area (Å²) in [6, 6.07) is 6.71. The van der Waals surface area contributed by atoms with Crippen LogP contribution in [0.4, 0.5) is 17.2 Å². The molecule has 2 N–H and O–H groups in total. The van der Waals surface area contributed by atoms with Crippen molar-refractivity contribution in [1.82, 2.24) is 19.7 Å². The summed E-state index contributed by atoms with van der Waals surface area (Å²) in [7, 11) is -1.29. The number of hydrogen-bond acceptors (Lipinski definition) is 10. The first kappa shape index (κ1) is 24.4. The molecule has 180 valence electrons. The summed E-state index contributed by atoms with van der Waals surface area (Å²) in [6.07, 6.45) is 1.15. The molecule has 0 spiro atoms. The molecular weight excluding hydrogens is 470 g/mol. The van der Waals surface area contributed by atoms with E-state index in [0.717, 1.165) is 6.20 Å². The van der Waals surface area contributed by atoms with Crippen molar-refractivity contribution in [3.63, 3.8) is 0 Å². The van der Waals surface area contributed by atoms with Gasteiger partial charge in [0.05, 0.1) is 30.6 Å². The van der Waals surface area contributed by atoms with E-state index in [1.54, 1.807) is 6.92 Å². The summed E-state index contributed by atoms with van der Waals surface area (Å²) in [6.45, 7) is 1.69. The molecule has 0 atom stereocenters. The lowest BCUT2D eigenvalue weighted by molar-refractivity contribution is -0.385. The molecule has 3 rings (SSSR count). The first-order chi connectivity index (χ1) is 16.1. The van der Waals surface area contributed by atoms with Gasteiger partial charge in [0.15, 0.2) is 5.82 Å². The van der Waals surface area contributed by atoms with Gasteiger partial charge in [0.1, 0.15) is 11.9 Å². The molecule has 34 heavy (non-hydrogen) atoms. The number of aromatic nitrogens is 4. The van der Waals surface area contributed by atoms with Crippen LogP contribution in [0.1, 0.15) is 12.1 Å². The van der Waals surface area contributed by atoms with Crippen molar-refractivity contribution in [3.05, 3.63) is 52.3 Å². The highest BCUT2D eigenvalue weighted by molar-refractivity contribution is 7.92. The second-order valence-electron chi connectivity index (χ2n) is 6.81. The van der Waals surface area contributed by atoms with Crippen LogP contribution in [-0.4, -0.2) is 53.2 Å². The Hall–Kier alpha value is -4.27. The standard InChI is InChI=1S/C19H21N7O7S/c1-12-15(26(28)29)11-20-25(12)9-8-17(27)21-13-4-6-14(7-5-13)34(30,31)24-16-10-18(32-2)23-19(22-16)33-3/h4-7,10-11H,8-9H2,1-3H3,(H,21,27)(H,22,23,24). The fourth-order valence-corrected chi connectivity index (χ4v) is 3.83. The molecule has 3 aromatic rings. The van der Waals surface area contributed by atoms with Crippen LogP contribution in [-0.2, 0) is 21.4 Å². The van der Waals surface area contributed by atoms with Crippen molar-refractivity contribution < 1.29 is 27.6 Å². The SMILES string of the molecule is COc1cc(NS(=O)(=O)c2ccc(NC(=O)CCn3ncc([N+](=O)[O-])c3C)cc2)nc(OC)n1. The van der Waals surface area contributed by atoms with E-state index in [1.165, 1.54) is 49.2 Å². The molecule has 1 amide bonds. The van der Waals surface area contributed by atoms with E-state index in [9.17, 15) is 23.3 Å². The fraction of sp³-hybridized carbons (Fsp3) is 0.263. The third-order valence-electron chi connectivity index (χ3n) is 4.59. The van der Waals surface area contributed by atoms with Gasteiger partial charge in [-0.1, -0.05) is 0 Å². The number of aryl methyl sites for hydroxylation is 1. The molecule has 1 aromatic carbocycles. The van der Waals surface area contributed by atoms with Crippen molar-refractivity contribution >= 4 is 33.1 Å². The number of anilines is 2. The summed E-state index contributed by atoms with van der Waals surface area (Å²) in [4.78, 5) is 30.3. The minimum atomic E-state index is -3.99. The molecule has 0 saturated carbocycles. The molecule has 2 heterocycles. The summed E-state index contributed by atoms with van der Waals surface area (Å²) >= 11 is 0. The molecule has 0 fully saturated rings. The van der Waals surface area contributed by atoms with E-state index >= 15 is 0 Å². The topological polar surface area (TPSA) is 180 Å². The van der Waals surface area contributed by atoms with E-state index in [2.05, 4.69) is 25.1 Å². The van der Waals surface area contributed by atoms with Crippen molar-refractivity contribution in [2.45, 2.75) is 24.8 Å². The van der Waals surface area contributed by atoms with E-state index in [-0.39, 0.29) is 47.2 Å². The van der Waals surface area contributed by atoms with Gasteiger partial charge in [-0.15, -0.1) is 0 Å². The van der Waals surface area contributed by atoms with Crippen LogP contribution in [0.3, 0.4) is 0 Å². The van der Waals surface area contributed by atoms with Crippen LogP contribution in [0.15, 0.2) is 41.4 Å². The van der Waals surface area contributed by atoms with Gasteiger partial charge in [0.25, 0.3) is 10.0 Å². The molecule has 0 aliphatic carbocycles. The van der Waals surface area contributed by atoms with E-state index in [4.69, 9.17) is 9.47 Å². The second kappa shape index (κ2) is 10.1. The first-order valence-corrected chi connectivity index (χ1v) is 11.2. The zero-order valence-electron chi connectivity index (χ0n) is 18.4. The molecule has 2 aromatic heterocycles. The van der Waals surface area contributed by atoms with Crippen LogP contribution >= 0.6 is 0 Å². The first-order valence-electron chi connectivity index (χ1n) is 9.69. The molecule has 0 aliphatic heterocycles. The normalized spacial score (nSPS) is 11.0. The number of rotatable bonds is 10. The van der Waals surface area contributed by atoms with Gasteiger partial charge < -0.3 is 14.8 Å².